The summed E-state index contributed by atoms with van der Waals surface area (Å²) in [6.45, 7) is 7.44. The zero-order valence-electron chi connectivity index (χ0n) is 16.7. The monoisotopic (exact) mass is 384 g/mol. The molecule has 6 heteroatoms. The van der Waals surface area contributed by atoms with Crippen molar-refractivity contribution < 1.29 is 19.1 Å². The van der Waals surface area contributed by atoms with Gasteiger partial charge in [-0.3, -0.25) is 20.4 Å². The number of amides is 2. The van der Waals surface area contributed by atoms with Gasteiger partial charge in [0, 0.05) is 11.1 Å². The lowest BCUT2D eigenvalue weighted by Crippen LogP contribution is -2.41. The smallest absolute Gasteiger partial charge is 0.269 e. The first kappa shape index (κ1) is 21.3. The van der Waals surface area contributed by atoms with Gasteiger partial charge in [-0.25, -0.2) is 0 Å². The van der Waals surface area contributed by atoms with Gasteiger partial charge in [0.25, 0.3) is 11.8 Å². The highest BCUT2D eigenvalue weighted by molar-refractivity contribution is 5.99. The number of hydrazine groups is 1. The van der Waals surface area contributed by atoms with Crippen LogP contribution in [0.1, 0.15) is 54.3 Å². The molecular weight excluding hydrogens is 356 g/mol. The van der Waals surface area contributed by atoms with Gasteiger partial charge in [0.05, 0.1) is 13.2 Å². The fourth-order valence-corrected chi connectivity index (χ4v) is 2.28. The van der Waals surface area contributed by atoms with Gasteiger partial charge < -0.3 is 9.47 Å². The Bertz CT molecular complexity index is 772. The molecular formula is C22H28N2O4. The molecule has 28 heavy (non-hydrogen) atoms. The Balaban J connectivity index is 1.86. The van der Waals surface area contributed by atoms with E-state index in [2.05, 4.69) is 31.6 Å². The minimum absolute atomic E-state index is 0.404. The summed E-state index contributed by atoms with van der Waals surface area (Å²) in [5, 5.41) is 0. The fraction of sp³-hybridized carbons (Fsp3) is 0.364. The molecule has 0 spiro atoms. The Hall–Kier alpha value is -3.02. The molecule has 0 aliphatic carbocycles. The molecule has 2 rings (SSSR count). The summed E-state index contributed by atoms with van der Waals surface area (Å²) in [5.74, 6) is 0.942. The zero-order chi connectivity index (χ0) is 20.4. The van der Waals surface area contributed by atoms with E-state index in [0.717, 1.165) is 12.8 Å². The number of hydrogen-bond donors (Lipinski definition) is 2. The van der Waals surface area contributed by atoms with Crippen molar-refractivity contribution in [1.29, 1.82) is 0 Å². The van der Waals surface area contributed by atoms with E-state index in [1.54, 1.807) is 48.5 Å². The predicted octanol–water partition coefficient (Wildman–Crippen LogP) is 3.98. The minimum atomic E-state index is -0.411. The third kappa shape index (κ3) is 6.95. The van der Waals surface area contributed by atoms with Crippen LogP contribution in [0, 0.1) is 5.92 Å². The number of ether oxygens (including phenoxy) is 2. The maximum atomic E-state index is 12.3. The number of benzene rings is 2. The fourth-order valence-electron chi connectivity index (χ4n) is 2.28. The number of unbranched alkanes of at least 4 members (excludes halogenated alkanes) is 1. The second-order valence-corrected chi connectivity index (χ2v) is 6.87. The van der Waals surface area contributed by atoms with Crippen LogP contribution in [0.25, 0.3) is 0 Å². The Kier molecular flexibility index (Phi) is 8.34. The van der Waals surface area contributed by atoms with Crippen molar-refractivity contribution in [2.75, 3.05) is 13.2 Å². The summed E-state index contributed by atoms with van der Waals surface area (Å²) >= 11 is 0. The zero-order valence-corrected chi connectivity index (χ0v) is 16.7. The number of nitrogens with one attached hydrogen (secondary N) is 2. The van der Waals surface area contributed by atoms with Gasteiger partial charge in [0.1, 0.15) is 11.5 Å². The van der Waals surface area contributed by atoms with Gasteiger partial charge >= 0.3 is 0 Å². The highest BCUT2D eigenvalue weighted by Gasteiger charge is 2.10. The highest BCUT2D eigenvalue weighted by Crippen LogP contribution is 2.14. The molecule has 0 aliphatic rings. The molecule has 0 bridgehead atoms. The average Bonchev–Trinajstić information content (AvgIpc) is 2.71. The second-order valence-electron chi connectivity index (χ2n) is 6.87. The van der Waals surface area contributed by atoms with Gasteiger partial charge in [-0.2, -0.15) is 0 Å². The van der Waals surface area contributed by atoms with Gasteiger partial charge in [0.15, 0.2) is 0 Å². The van der Waals surface area contributed by atoms with Crippen LogP contribution < -0.4 is 20.3 Å². The van der Waals surface area contributed by atoms with Crippen LogP contribution in [-0.2, 0) is 0 Å². The molecule has 150 valence electrons. The van der Waals surface area contributed by atoms with E-state index in [1.807, 2.05) is 0 Å². The summed E-state index contributed by atoms with van der Waals surface area (Å²) in [6.07, 6.45) is 1.99. The number of carbonyl (C=O) groups is 2. The summed E-state index contributed by atoms with van der Waals surface area (Å²) in [4.78, 5) is 24.5. The van der Waals surface area contributed by atoms with Crippen molar-refractivity contribution in [3.05, 3.63) is 59.7 Å². The standard InChI is InChI=1S/C22H28N2O4/c1-4-5-13-27-20-8-6-7-18(14-20)22(26)24-23-21(25)17-9-11-19(12-10-17)28-15-16(2)3/h6-12,14,16H,4-5,13,15H2,1-3H3,(H,23,25)(H,24,26). The van der Waals surface area contributed by atoms with E-state index < -0.39 is 11.8 Å². The van der Waals surface area contributed by atoms with E-state index in [1.165, 1.54) is 0 Å². The third-order valence-electron chi connectivity index (χ3n) is 3.85. The molecule has 0 atom stereocenters. The summed E-state index contributed by atoms with van der Waals surface area (Å²) < 4.78 is 11.2. The summed E-state index contributed by atoms with van der Waals surface area (Å²) in [6, 6.07) is 13.6. The Labute approximate surface area is 166 Å². The van der Waals surface area contributed by atoms with Crippen LogP contribution >= 0.6 is 0 Å². The Morgan fingerprint density at radius 3 is 2.21 bits per heavy atom. The van der Waals surface area contributed by atoms with Crippen molar-refractivity contribution in [2.24, 2.45) is 5.92 Å². The van der Waals surface area contributed by atoms with Crippen LogP contribution in [0.4, 0.5) is 0 Å². The lowest BCUT2D eigenvalue weighted by Gasteiger charge is -2.11. The van der Waals surface area contributed by atoms with E-state index in [0.29, 0.717) is 41.8 Å². The molecule has 0 saturated carbocycles. The lowest BCUT2D eigenvalue weighted by atomic mass is 10.2. The molecule has 0 aliphatic heterocycles. The van der Waals surface area contributed by atoms with E-state index in [9.17, 15) is 9.59 Å². The topological polar surface area (TPSA) is 76.7 Å². The van der Waals surface area contributed by atoms with Crippen molar-refractivity contribution >= 4 is 11.8 Å². The predicted molar refractivity (Wildman–Crippen MR) is 109 cm³/mol. The summed E-state index contributed by atoms with van der Waals surface area (Å²) in [5.41, 5.74) is 5.67. The molecule has 2 aromatic rings. The van der Waals surface area contributed by atoms with Crippen LogP contribution in [-0.4, -0.2) is 25.0 Å². The molecule has 2 aromatic carbocycles. The SMILES string of the molecule is CCCCOc1cccc(C(=O)NNC(=O)c2ccc(OCC(C)C)cc2)c1. The second kappa shape index (κ2) is 11.0. The maximum absolute atomic E-state index is 12.3. The lowest BCUT2D eigenvalue weighted by molar-refractivity contribution is 0.0846. The molecule has 6 nitrogen and oxygen atoms in total. The third-order valence-corrected chi connectivity index (χ3v) is 3.85. The maximum Gasteiger partial charge on any atom is 0.269 e. The number of rotatable bonds is 9. The van der Waals surface area contributed by atoms with Gasteiger partial charge in [-0.1, -0.05) is 33.3 Å². The van der Waals surface area contributed by atoms with Crippen molar-refractivity contribution in [1.82, 2.24) is 10.9 Å². The molecule has 0 heterocycles. The molecule has 0 fully saturated rings. The molecule has 0 unspecified atom stereocenters. The molecule has 0 radical (unpaired) electrons. The van der Waals surface area contributed by atoms with Crippen molar-refractivity contribution in [3.63, 3.8) is 0 Å². The van der Waals surface area contributed by atoms with Crippen LogP contribution in [0.2, 0.25) is 0 Å². The first-order chi connectivity index (χ1) is 13.5. The van der Waals surface area contributed by atoms with Gasteiger partial charge in [0.2, 0.25) is 0 Å². The van der Waals surface area contributed by atoms with Crippen LogP contribution in [0.15, 0.2) is 48.5 Å². The normalized spacial score (nSPS) is 10.4. The van der Waals surface area contributed by atoms with E-state index in [-0.39, 0.29) is 0 Å². The first-order valence-corrected chi connectivity index (χ1v) is 9.56. The molecule has 0 aromatic heterocycles. The number of hydrogen-bond acceptors (Lipinski definition) is 4. The molecule has 0 saturated heterocycles. The van der Waals surface area contributed by atoms with Gasteiger partial charge in [-0.15, -0.1) is 0 Å². The van der Waals surface area contributed by atoms with E-state index in [4.69, 9.17) is 9.47 Å². The molecule has 2 amide bonds. The van der Waals surface area contributed by atoms with E-state index >= 15 is 0 Å². The Morgan fingerprint density at radius 2 is 1.57 bits per heavy atom. The summed E-state index contributed by atoms with van der Waals surface area (Å²) in [7, 11) is 0. The quantitative estimate of drug-likeness (QED) is 0.506. The van der Waals surface area contributed by atoms with Crippen LogP contribution in [0.5, 0.6) is 11.5 Å². The largest absolute Gasteiger partial charge is 0.494 e. The van der Waals surface area contributed by atoms with Crippen molar-refractivity contribution in [2.45, 2.75) is 33.6 Å². The molecule has 2 N–H and O–H groups in total. The first-order valence-electron chi connectivity index (χ1n) is 9.56. The minimum Gasteiger partial charge on any atom is -0.494 e. The average molecular weight is 384 g/mol. The highest BCUT2D eigenvalue weighted by atomic mass is 16.5. The van der Waals surface area contributed by atoms with Gasteiger partial charge in [-0.05, 0) is 54.8 Å². The Morgan fingerprint density at radius 1 is 0.893 bits per heavy atom. The number of carbonyl (C=O) groups excluding carboxylic acids is 2. The van der Waals surface area contributed by atoms with Crippen molar-refractivity contribution in [3.8, 4) is 11.5 Å². The van der Waals surface area contributed by atoms with Crippen LogP contribution in [0.3, 0.4) is 0 Å².